The van der Waals surface area contributed by atoms with E-state index in [0.29, 0.717) is 24.3 Å². The van der Waals surface area contributed by atoms with E-state index in [2.05, 4.69) is 20.4 Å². The summed E-state index contributed by atoms with van der Waals surface area (Å²) in [7, 11) is 0. The highest BCUT2D eigenvalue weighted by atomic mass is 16.4. The minimum absolute atomic E-state index is 0.0281. The molecule has 1 aliphatic rings. The summed E-state index contributed by atoms with van der Waals surface area (Å²) in [6.45, 7) is 1.26. The molecule has 0 bridgehead atoms. The number of aromatic nitrogens is 4. The molecule has 144 valence electrons. The predicted octanol–water partition coefficient (Wildman–Crippen LogP) is 2.45. The lowest BCUT2D eigenvalue weighted by atomic mass is 9.93. The highest BCUT2D eigenvalue weighted by Gasteiger charge is 2.28. The van der Waals surface area contributed by atoms with Crippen LogP contribution in [-0.2, 0) is 11.2 Å². The zero-order chi connectivity index (χ0) is 19.5. The third-order valence-electron chi connectivity index (χ3n) is 5.13. The molecule has 2 aromatic heterocycles. The van der Waals surface area contributed by atoms with Gasteiger partial charge in [-0.1, -0.05) is 30.3 Å². The summed E-state index contributed by atoms with van der Waals surface area (Å²) < 4.78 is 0. The zero-order valence-corrected chi connectivity index (χ0v) is 15.3. The maximum Gasteiger partial charge on any atom is 0.309 e. The molecule has 1 aliphatic heterocycles. The largest absolute Gasteiger partial charge is 0.481 e. The average Bonchev–Trinajstić information content (AvgIpc) is 3.37. The Labute approximate surface area is 161 Å². The number of nitrogens with zero attached hydrogens (tertiary/aromatic N) is 3. The summed E-state index contributed by atoms with van der Waals surface area (Å²) in [6.07, 6.45) is 3.11. The Morgan fingerprint density at radius 3 is 2.61 bits per heavy atom. The van der Waals surface area contributed by atoms with Crippen molar-refractivity contribution in [2.45, 2.75) is 25.2 Å². The maximum absolute atomic E-state index is 13.0. The Bertz CT molecular complexity index is 971. The van der Waals surface area contributed by atoms with Gasteiger partial charge in [0.15, 0.2) is 0 Å². The number of H-pyrrole nitrogens is 2. The Kier molecular flexibility index (Phi) is 4.92. The number of hydrogen-bond donors (Lipinski definition) is 3. The van der Waals surface area contributed by atoms with E-state index in [9.17, 15) is 9.59 Å². The number of likely N-dealkylation sites (tertiary alicyclic amines) is 1. The highest BCUT2D eigenvalue weighted by molar-refractivity contribution is 5.99. The molecular weight excluding hydrogens is 358 g/mol. The Morgan fingerprint density at radius 2 is 1.89 bits per heavy atom. The van der Waals surface area contributed by atoms with E-state index in [1.165, 1.54) is 0 Å². The van der Waals surface area contributed by atoms with Gasteiger partial charge in [-0.3, -0.25) is 19.8 Å². The fraction of sp³-hybridized carbons (Fsp3) is 0.300. The molecule has 0 radical (unpaired) electrons. The number of carbonyl (C=O) groups excluding carboxylic acids is 1. The standard InChI is InChI=1S/C20H21N5O3/c26-18(27)11-15-10-17(23-22-15)13-6-8-25(9-7-13)20(28)16-12-21-24-19(16)14-4-2-1-3-5-14/h1-5,10,12-13H,6-9,11H2,(H,21,24)(H,22,23)(H,26,27). The van der Waals surface area contributed by atoms with Crippen LogP contribution in [0.5, 0.6) is 0 Å². The Morgan fingerprint density at radius 1 is 1.14 bits per heavy atom. The smallest absolute Gasteiger partial charge is 0.309 e. The number of carbonyl (C=O) groups is 2. The minimum Gasteiger partial charge on any atom is -0.481 e. The van der Waals surface area contributed by atoms with E-state index in [-0.39, 0.29) is 18.2 Å². The van der Waals surface area contributed by atoms with E-state index in [4.69, 9.17) is 5.11 Å². The second kappa shape index (κ2) is 7.67. The van der Waals surface area contributed by atoms with Crippen molar-refractivity contribution in [1.29, 1.82) is 0 Å². The molecule has 0 spiro atoms. The van der Waals surface area contributed by atoms with Gasteiger partial charge in [0.2, 0.25) is 0 Å². The van der Waals surface area contributed by atoms with Crippen LogP contribution in [0.15, 0.2) is 42.6 Å². The van der Waals surface area contributed by atoms with Gasteiger partial charge in [0.1, 0.15) is 0 Å². The Hall–Kier alpha value is -3.42. The third-order valence-corrected chi connectivity index (χ3v) is 5.13. The van der Waals surface area contributed by atoms with E-state index >= 15 is 0 Å². The van der Waals surface area contributed by atoms with Gasteiger partial charge in [-0.25, -0.2) is 0 Å². The van der Waals surface area contributed by atoms with Gasteiger partial charge >= 0.3 is 5.97 Å². The van der Waals surface area contributed by atoms with Crippen LogP contribution in [0.3, 0.4) is 0 Å². The molecule has 4 rings (SSSR count). The van der Waals surface area contributed by atoms with Crippen LogP contribution in [-0.4, -0.2) is 55.4 Å². The van der Waals surface area contributed by atoms with E-state index in [1.807, 2.05) is 41.3 Å². The summed E-state index contributed by atoms with van der Waals surface area (Å²) >= 11 is 0. The van der Waals surface area contributed by atoms with Gasteiger partial charge in [0.25, 0.3) is 5.91 Å². The number of rotatable bonds is 5. The van der Waals surface area contributed by atoms with Crippen molar-refractivity contribution < 1.29 is 14.7 Å². The second-order valence-corrected chi connectivity index (χ2v) is 6.98. The van der Waals surface area contributed by atoms with Crippen LogP contribution < -0.4 is 0 Å². The molecule has 3 heterocycles. The number of piperidine rings is 1. The van der Waals surface area contributed by atoms with Crippen LogP contribution in [0, 0.1) is 0 Å². The fourth-order valence-corrected chi connectivity index (χ4v) is 3.66. The predicted molar refractivity (Wildman–Crippen MR) is 102 cm³/mol. The summed E-state index contributed by atoms with van der Waals surface area (Å²) in [5.74, 6) is -0.689. The number of nitrogens with one attached hydrogen (secondary N) is 2. The van der Waals surface area contributed by atoms with Crippen molar-refractivity contribution in [1.82, 2.24) is 25.3 Å². The van der Waals surface area contributed by atoms with Crippen LogP contribution in [0.1, 0.15) is 40.5 Å². The van der Waals surface area contributed by atoms with Gasteiger partial charge in [0, 0.05) is 30.3 Å². The number of aliphatic carboxylic acids is 1. The molecule has 3 N–H and O–H groups in total. The molecule has 28 heavy (non-hydrogen) atoms. The molecule has 1 saturated heterocycles. The molecule has 3 aromatic rings. The van der Waals surface area contributed by atoms with E-state index in [0.717, 1.165) is 29.8 Å². The lowest BCUT2D eigenvalue weighted by Crippen LogP contribution is -2.38. The monoisotopic (exact) mass is 379 g/mol. The van der Waals surface area contributed by atoms with Gasteiger partial charge in [-0.05, 0) is 18.9 Å². The van der Waals surface area contributed by atoms with Gasteiger partial charge < -0.3 is 10.0 Å². The lowest BCUT2D eigenvalue weighted by molar-refractivity contribution is -0.136. The molecule has 0 saturated carbocycles. The normalized spacial score (nSPS) is 14.9. The van der Waals surface area contributed by atoms with Gasteiger partial charge in [-0.2, -0.15) is 10.2 Å². The molecule has 8 nitrogen and oxygen atoms in total. The van der Waals surface area contributed by atoms with E-state index in [1.54, 1.807) is 6.20 Å². The van der Waals surface area contributed by atoms with Gasteiger partial charge in [0.05, 0.1) is 29.6 Å². The maximum atomic E-state index is 13.0. The number of amides is 1. The lowest BCUT2D eigenvalue weighted by Gasteiger charge is -2.31. The number of carboxylic acid groups (broad SMARTS) is 1. The molecule has 0 aliphatic carbocycles. The average molecular weight is 379 g/mol. The first kappa shape index (κ1) is 18.0. The summed E-state index contributed by atoms with van der Waals surface area (Å²) in [6, 6.07) is 11.5. The molecule has 8 heteroatoms. The number of hydrogen-bond acceptors (Lipinski definition) is 4. The number of carboxylic acids is 1. The summed E-state index contributed by atoms with van der Waals surface area (Å²) in [4.78, 5) is 25.7. The van der Waals surface area contributed by atoms with Crippen molar-refractivity contribution >= 4 is 11.9 Å². The minimum atomic E-state index is -0.884. The van der Waals surface area contributed by atoms with Crippen LogP contribution in [0.4, 0.5) is 0 Å². The van der Waals surface area contributed by atoms with Crippen molar-refractivity contribution in [3.05, 3.63) is 59.5 Å². The van der Waals surface area contributed by atoms with Crippen LogP contribution in [0.2, 0.25) is 0 Å². The first-order valence-electron chi connectivity index (χ1n) is 9.26. The molecule has 1 fully saturated rings. The topological polar surface area (TPSA) is 115 Å². The quantitative estimate of drug-likeness (QED) is 0.630. The summed E-state index contributed by atoms with van der Waals surface area (Å²) in [5.41, 5.74) is 3.72. The first-order valence-corrected chi connectivity index (χ1v) is 9.26. The Balaban J connectivity index is 1.42. The molecule has 1 aromatic carbocycles. The highest BCUT2D eigenvalue weighted by Crippen LogP contribution is 2.29. The van der Waals surface area contributed by atoms with E-state index < -0.39 is 5.97 Å². The zero-order valence-electron chi connectivity index (χ0n) is 15.3. The third kappa shape index (κ3) is 3.66. The summed E-state index contributed by atoms with van der Waals surface area (Å²) in [5, 5.41) is 22.9. The van der Waals surface area contributed by atoms with Crippen molar-refractivity contribution in [2.24, 2.45) is 0 Å². The van der Waals surface area contributed by atoms with Crippen molar-refractivity contribution in [3.8, 4) is 11.3 Å². The first-order chi connectivity index (χ1) is 13.6. The second-order valence-electron chi connectivity index (χ2n) is 6.98. The van der Waals surface area contributed by atoms with Crippen LogP contribution in [0.25, 0.3) is 11.3 Å². The van der Waals surface area contributed by atoms with Crippen LogP contribution >= 0.6 is 0 Å². The van der Waals surface area contributed by atoms with Gasteiger partial charge in [-0.15, -0.1) is 0 Å². The molecular formula is C20H21N5O3. The molecule has 1 amide bonds. The number of aromatic amines is 2. The SMILES string of the molecule is O=C(O)Cc1cc(C2CCN(C(=O)c3cn[nH]c3-c3ccccc3)CC2)n[nH]1. The molecule has 0 atom stereocenters. The van der Waals surface area contributed by atoms with Crippen molar-refractivity contribution in [3.63, 3.8) is 0 Å². The molecule has 0 unspecified atom stereocenters. The fourth-order valence-electron chi connectivity index (χ4n) is 3.66. The van der Waals surface area contributed by atoms with Crippen molar-refractivity contribution in [2.75, 3.05) is 13.1 Å². The number of benzene rings is 1.